The maximum Gasteiger partial charge on any atom is 0.362 e. The highest BCUT2D eigenvalue weighted by Gasteiger charge is 2.37. The van der Waals surface area contributed by atoms with Crippen LogP contribution < -0.4 is 0 Å². The van der Waals surface area contributed by atoms with Crippen LogP contribution in [0.1, 0.15) is 47.0 Å². The number of carboxylic acids is 1. The third kappa shape index (κ3) is 5.74. The van der Waals surface area contributed by atoms with E-state index in [9.17, 15) is 15.0 Å². The first-order valence-corrected chi connectivity index (χ1v) is 7.31. The van der Waals surface area contributed by atoms with Crippen molar-refractivity contribution in [1.82, 2.24) is 0 Å². The van der Waals surface area contributed by atoms with Crippen molar-refractivity contribution in [3.8, 4) is 0 Å². The molecule has 4 heteroatoms. The maximum absolute atomic E-state index is 11.2. The fourth-order valence-corrected chi connectivity index (χ4v) is 2.57. The monoisotopic (exact) mass is 272 g/mol. The smallest absolute Gasteiger partial charge is 0.362 e. The molecule has 19 heavy (non-hydrogen) atoms. The Morgan fingerprint density at radius 2 is 1.89 bits per heavy atom. The lowest BCUT2D eigenvalue weighted by Crippen LogP contribution is -2.60. The van der Waals surface area contributed by atoms with Crippen LogP contribution in [0.3, 0.4) is 0 Å². The Morgan fingerprint density at radius 1 is 1.32 bits per heavy atom. The largest absolute Gasteiger partial charge is 0.477 e. The molecule has 2 atom stereocenters. The summed E-state index contributed by atoms with van der Waals surface area (Å²) in [6.07, 6.45) is 6.33. The van der Waals surface area contributed by atoms with E-state index in [4.69, 9.17) is 0 Å². The third-order valence-electron chi connectivity index (χ3n) is 4.16. The first-order valence-electron chi connectivity index (χ1n) is 7.31. The number of quaternary nitrogens is 1. The van der Waals surface area contributed by atoms with E-state index in [-0.39, 0.29) is 0 Å². The number of allylic oxidation sites excluding steroid dienone is 2. The van der Waals surface area contributed by atoms with Crippen LogP contribution in [0.4, 0.5) is 0 Å². The molecule has 0 aliphatic carbocycles. The van der Waals surface area contributed by atoms with Crippen molar-refractivity contribution in [2.75, 3.05) is 19.6 Å². The second kappa shape index (κ2) is 9.10. The van der Waals surface area contributed by atoms with Crippen LogP contribution in [-0.4, -0.2) is 52.4 Å². The molecule has 0 radical (unpaired) electrons. The highest BCUT2D eigenvalue weighted by Crippen LogP contribution is 2.17. The van der Waals surface area contributed by atoms with Gasteiger partial charge in [-0.05, 0) is 47.0 Å². The molecular weight excluding hydrogens is 242 g/mol. The summed E-state index contributed by atoms with van der Waals surface area (Å²) in [5.74, 6) is -0.787. The van der Waals surface area contributed by atoms with Gasteiger partial charge in [0.25, 0.3) is 0 Å². The summed E-state index contributed by atoms with van der Waals surface area (Å²) in [7, 11) is 0. The molecule has 0 aromatic rings. The highest BCUT2D eigenvalue weighted by atomic mass is 16.4. The van der Waals surface area contributed by atoms with E-state index in [0.29, 0.717) is 11.0 Å². The molecule has 0 saturated heterocycles. The number of nitrogens with zero attached hydrogens (tertiary/aromatic N) is 1. The molecule has 0 saturated carbocycles. The minimum Gasteiger partial charge on any atom is -0.477 e. The number of unbranched alkanes of at least 4 members (excludes halogenated alkanes) is 1. The normalized spacial score (nSPS) is 15.6. The molecule has 0 aliphatic rings. The van der Waals surface area contributed by atoms with E-state index in [1.807, 2.05) is 26.8 Å². The Balaban J connectivity index is 4.52. The molecule has 0 bridgehead atoms. The first kappa shape index (κ1) is 18.1. The van der Waals surface area contributed by atoms with Gasteiger partial charge in [0, 0.05) is 0 Å². The summed E-state index contributed by atoms with van der Waals surface area (Å²) >= 11 is 0. The topological polar surface area (TPSA) is 57.5 Å². The average molecular weight is 272 g/mol. The van der Waals surface area contributed by atoms with Crippen molar-refractivity contribution < 1.29 is 19.5 Å². The molecule has 0 aliphatic heterocycles. The number of rotatable bonds is 10. The molecule has 4 nitrogen and oxygen atoms in total. The van der Waals surface area contributed by atoms with Crippen LogP contribution in [0, 0.1) is 0 Å². The molecule has 112 valence electrons. The van der Waals surface area contributed by atoms with Gasteiger partial charge < -0.3 is 14.7 Å². The molecule has 0 rings (SSSR count). The molecule has 0 amide bonds. The van der Waals surface area contributed by atoms with E-state index in [1.165, 1.54) is 0 Å². The van der Waals surface area contributed by atoms with Crippen LogP contribution in [0.15, 0.2) is 12.2 Å². The lowest BCUT2D eigenvalue weighted by molar-refractivity contribution is -0.941. The maximum atomic E-state index is 11.2. The van der Waals surface area contributed by atoms with Crippen molar-refractivity contribution in [2.45, 2.75) is 59.1 Å². The number of aliphatic hydroxyl groups is 1. The van der Waals surface area contributed by atoms with E-state index >= 15 is 0 Å². The second-order valence-corrected chi connectivity index (χ2v) is 5.20. The number of aliphatic carboxylic acids is 1. The van der Waals surface area contributed by atoms with E-state index < -0.39 is 18.1 Å². The minimum absolute atomic E-state index is 0.424. The van der Waals surface area contributed by atoms with Gasteiger partial charge in [-0.25, -0.2) is 4.79 Å². The van der Waals surface area contributed by atoms with Crippen LogP contribution in [0.5, 0.6) is 0 Å². The van der Waals surface area contributed by atoms with Crippen molar-refractivity contribution >= 4 is 5.97 Å². The van der Waals surface area contributed by atoms with Gasteiger partial charge in [0.05, 0.1) is 13.1 Å². The minimum atomic E-state index is -0.787. The van der Waals surface area contributed by atoms with Gasteiger partial charge in [0.2, 0.25) is 0 Å². The first-order chi connectivity index (χ1) is 8.93. The summed E-state index contributed by atoms with van der Waals surface area (Å²) < 4.78 is 0.445. The van der Waals surface area contributed by atoms with Gasteiger partial charge in [0.1, 0.15) is 12.6 Å². The fourth-order valence-electron chi connectivity index (χ4n) is 2.57. The average Bonchev–Trinajstić information content (AvgIpc) is 2.40. The molecule has 0 aromatic heterocycles. The van der Waals surface area contributed by atoms with Gasteiger partial charge in [-0.3, -0.25) is 0 Å². The van der Waals surface area contributed by atoms with E-state index in [1.54, 1.807) is 6.92 Å². The lowest BCUT2D eigenvalue weighted by Gasteiger charge is -2.41. The summed E-state index contributed by atoms with van der Waals surface area (Å²) in [5, 5.41) is 19.4. The Labute approximate surface area is 117 Å². The standard InChI is InChI=1S/C15H29NO3/c1-5-8-9-10-11-14(17)12-16(6-2,7-3)13(4)15(18)19/h5,8,13-14,17H,6-7,9-12H2,1-4H3/p+1/b8-5+. The Morgan fingerprint density at radius 3 is 2.32 bits per heavy atom. The quantitative estimate of drug-likeness (QED) is 0.365. The number of carbonyl (C=O) groups is 1. The highest BCUT2D eigenvalue weighted by molar-refractivity contribution is 5.71. The van der Waals surface area contributed by atoms with Gasteiger partial charge in [0.15, 0.2) is 6.04 Å². The number of hydrogen-bond acceptors (Lipinski definition) is 2. The van der Waals surface area contributed by atoms with Crippen molar-refractivity contribution in [2.24, 2.45) is 0 Å². The van der Waals surface area contributed by atoms with Crippen LogP contribution >= 0.6 is 0 Å². The lowest BCUT2D eigenvalue weighted by atomic mass is 10.1. The Kier molecular flexibility index (Phi) is 8.68. The molecule has 0 spiro atoms. The predicted molar refractivity (Wildman–Crippen MR) is 78.0 cm³/mol. The van der Waals surface area contributed by atoms with Gasteiger partial charge in [-0.2, -0.15) is 0 Å². The molecule has 0 aromatic carbocycles. The van der Waals surface area contributed by atoms with E-state index in [0.717, 1.165) is 32.4 Å². The molecule has 0 fully saturated rings. The van der Waals surface area contributed by atoms with Gasteiger partial charge in [-0.1, -0.05) is 12.2 Å². The van der Waals surface area contributed by atoms with Crippen molar-refractivity contribution in [1.29, 1.82) is 0 Å². The van der Waals surface area contributed by atoms with Gasteiger partial charge >= 0.3 is 5.97 Å². The number of likely N-dealkylation sites (N-methyl/N-ethyl adjacent to an activating group) is 1. The van der Waals surface area contributed by atoms with Crippen LogP contribution in [-0.2, 0) is 4.79 Å². The summed E-state index contributed by atoms with van der Waals surface area (Å²) in [6, 6.07) is -0.472. The zero-order valence-electron chi connectivity index (χ0n) is 12.8. The fraction of sp³-hybridized carbons (Fsp3) is 0.800. The van der Waals surface area contributed by atoms with Crippen LogP contribution in [0.2, 0.25) is 0 Å². The summed E-state index contributed by atoms with van der Waals surface area (Å²) in [5.41, 5.74) is 0. The predicted octanol–water partition coefficient (Wildman–Crippen LogP) is 2.42. The Bertz CT molecular complexity index is 285. The molecule has 2 unspecified atom stereocenters. The SMILES string of the molecule is C/C=C/CCCC(O)C[N+](CC)(CC)C(C)C(=O)O. The zero-order chi connectivity index (χ0) is 14.9. The van der Waals surface area contributed by atoms with Gasteiger partial charge in [-0.15, -0.1) is 0 Å². The van der Waals surface area contributed by atoms with Crippen LogP contribution in [0.25, 0.3) is 0 Å². The number of hydrogen-bond donors (Lipinski definition) is 2. The third-order valence-corrected chi connectivity index (χ3v) is 4.16. The second-order valence-electron chi connectivity index (χ2n) is 5.20. The van der Waals surface area contributed by atoms with Crippen molar-refractivity contribution in [3.63, 3.8) is 0 Å². The molecule has 2 N–H and O–H groups in total. The van der Waals surface area contributed by atoms with E-state index in [2.05, 4.69) is 6.08 Å². The number of carboxylic acid groups (broad SMARTS) is 1. The molecular formula is C15H30NO3+. The summed E-state index contributed by atoms with van der Waals surface area (Å²) in [6.45, 7) is 9.70. The summed E-state index contributed by atoms with van der Waals surface area (Å²) in [4.78, 5) is 11.2. The Hall–Kier alpha value is -0.870. The number of aliphatic hydroxyl groups excluding tert-OH is 1. The molecule has 0 heterocycles. The zero-order valence-corrected chi connectivity index (χ0v) is 12.8. The van der Waals surface area contributed by atoms with Crippen molar-refractivity contribution in [3.05, 3.63) is 12.2 Å².